The number of nitrogens with zero attached hydrogens (tertiary/aromatic N) is 3. The number of ether oxygens (including phenoxy) is 1. The summed E-state index contributed by atoms with van der Waals surface area (Å²) in [5.74, 6) is -0.248. The Morgan fingerprint density at radius 2 is 2.00 bits per heavy atom. The molecule has 1 aromatic rings. The van der Waals surface area contributed by atoms with Gasteiger partial charge in [-0.05, 0) is 28.1 Å². The van der Waals surface area contributed by atoms with Crippen LogP contribution in [0, 0.1) is 0 Å². The Kier molecular flexibility index (Phi) is 5.69. The molecule has 21 heavy (non-hydrogen) atoms. The molecule has 0 aromatic carbocycles. The molecule has 0 atom stereocenters. The number of carbonyl (C=O) groups is 2. The molecule has 2 heterocycles. The second-order valence-corrected chi connectivity index (χ2v) is 5.74. The number of aromatic nitrogens is 1. The molecule has 1 aromatic heterocycles. The first-order chi connectivity index (χ1) is 10.1. The number of halogens is 1. The molecule has 2 rings (SSSR count). The van der Waals surface area contributed by atoms with Gasteiger partial charge < -0.3 is 9.64 Å². The molecule has 0 spiro atoms. The number of hydrogen-bond acceptors (Lipinski definition) is 5. The number of rotatable bonds is 4. The van der Waals surface area contributed by atoms with Crippen LogP contribution >= 0.6 is 15.9 Å². The monoisotopic (exact) mass is 355 g/mol. The predicted molar refractivity (Wildman–Crippen MR) is 80.9 cm³/mol. The lowest BCUT2D eigenvalue weighted by Gasteiger charge is -2.34. The van der Waals surface area contributed by atoms with E-state index in [1.165, 1.54) is 7.11 Å². The summed E-state index contributed by atoms with van der Waals surface area (Å²) in [5, 5.41) is 0. The average molecular weight is 356 g/mol. The fourth-order valence-corrected chi connectivity index (χ4v) is 2.42. The van der Waals surface area contributed by atoms with E-state index in [2.05, 4.69) is 30.6 Å². The summed E-state index contributed by atoms with van der Waals surface area (Å²) in [6, 6.07) is 3.53. The van der Waals surface area contributed by atoms with Gasteiger partial charge in [0.1, 0.15) is 5.69 Å². The third-order valence-corrected chi connectivity index (χ3v) is 3.93. The molecule has 1 amide bonds. The van der Waals surface area contributed by atoms with Gasteiger partial charge in [0.15, 0.2) is 0 Å². The maximum atomic E-state index is 12.3. The second kappa shape index (κ2) is 7.51. The van der Waals surface area contributed by atoms with E-state index in [1.807, 2.05) is 6.07 Å². The first-order valence-electron chi connectivity index (χ1n) is 6.80. The van der Waals surface area contributed by atoms with Crippen molar-refractivity contribution in [1.29, 1.82) is 0 Å². The van der Waals surface area contributed by atoms with Crippen molar-refractivity contribution >= 4 is 27.8 Å². The molecule has 1 fully saturated rings. The van der Waals surface area contributed by atoms with Crippen molar-refractivity contribution < 1.29 is 14.3 Å². The molecule has 7 heteroatoms. The molecule has 0 radical (unpaired) electrons. The molecule has 114 valence electrons. The third kappa shape index (κ3) is 4.50. The molecule has 0 N–H and O–H groups in total. The van der Waals surface area contributed by atoms with Crippen molar-refractivity contribution in [2.75, 3.05) is 39.8 Å². The van der Waals surface area contributed by atoms with Gasteiger partial charge in [0, 0.05) is 43.4 Å². The lowest BCUT2D eigenvalue weighted by Crippen LogP contribution is -2.49. The zero-order chi connectivity index (χ0) is 15.2. The lowest BCUT2D eigenvalue weighted by atomic mass is 10.2. The van der Waals surface area contributed by atoms with E-state index in [9.17, 15) is 9.59 Å². The van der Waals surface area contributed by atoms with Crippen molar-refractivity contribution in [2.24, 2.45) is 0 Å². The molecule has 6 nitrogen and oxygen atoms in total. The maximum absolute atomic E-state index is 12.3. The zero-order valence-electron chi connectivity index (χ0n) is 11.9. The van der Waals surface area contributed by atoms with Crippen LogP contribution in [0.1, 0.15) is 16.9 Å². The molecule has 1 aliphatic heterocycles. The summed E-state index contributed by atoms with van der Waals surface area (Å²) >= 11 is 3.30. The summed E-state index contributed by atoms with van der Waals surface area (Å²) in [5.41, 5.74) is 0.459. The topological polar surface area (TPSA) is 62.7 Å². The van der Waals surface area contributed by atoms with Gasteiger partial charge in [-0.2, -0.15) is 0 Å². The number of piperazine rings is 1. The van der Waals surface area contributed by atoms with Crippen molar-refractivity contribution in [3.8, 4) is 0 Å². The fraction of sp³-hybridized carbons (Fsp3) is 0.500. The van der Waals surface area contributed by atoms with E-state index >= 15 is 0 Å². The van der Waals surface area contributed by atoms with Crippen molar-refractivity contribution in [1.82, 2.24) is 14.8 Å². The minimum Gasteiger partial charge on any atom is -0.469 e. The van der Waals surface area contributed by atoms with Gasteiger partial charge in [-0.25, -0.2) is 4.98 Å². The lowest BCUT2D eigenvalue weighted by molar-refractivity contribution is -0.141. The molecule has 0 bridgehead atoms. The van der Waals surface area contributed by atoms with Crippen molar-refractivity contribution in [3.05, 3.63) is 28.5 Å². The highest BCUT2D eigenvalue weighted by Crippen LogP contribution is 2.11. The minimum absolute atomic E-state index is 0.0462. The smallest absolute Gasteiger partial charge is 0.306 e. The van der Waals surface area contributed by atoms with Crippen LogP contribution in [0.4, 0.5) is 0 Å². The van der Waals surface area contributed by atoms with E-state index in [0.717, 1.165) is 17.6 Å². The predicted octanol–water partition coefficient (Wildman–Crippen LogP) is 1.16. The van der Waals surface area contributed by atoms with E-state index in [0.29, 0.717) is 31.7 Å². The fourth-order valence-electron chi connectivity index (χ4n) is 2.19. The molecule has 0 aliphatic carbocycles. The normalized spacial score (nSPS) is 15.8. The van der Waals surface area contributed by atoms with E-state index < -0.39 is 0 Å². The first kappa shape index (κ1) is 15.9. The third-order valence-electron chi connectivity index (χ3n) is 3.47. The summed E-state index contributed by atoms with van der Waals surface area (Å²) in [4.78, 5) is 31.5. The molecule has 0 saturated carbocycles. The Morgan fingerprint density at radius 3 is 2.57 bits per heavy atom. The Hall–Kier alpha value is -1.47. The van der Waals surface area contributed by atoms with Gasteiger partial charge in [-0.15, -0.1) is 0 Å². The summed E-state index contributed by atoms with van der Waals surface area (Å²) in [6.45, 7) is 3.50. The van der Waals surface area contributed by atoms with Gasteiger partial charge in [-0.1, -0.05) is 0 Å². The van der Waals surface area contributed by atoms with Crippen molar-refractivity contribution in [3.63, 3.8) is 0 Å². The highest BCUT2D eigenvalue weighted by Gasteiger charge is 2.23. The number of hydrogen-bond donors (Lipinski definition) is 0. The summed E-state index contributed by atoms with van der Waals surface area (Å²) < 4.78 is 5.48. The maximum Gasteiger partial charge on any atom is 0.306 e. The molecule has 1 aliphatic rings. The SMILES string of the molecule is COC(=O)CCN1CCN(C(=O)c2ccc(Br)cn2)CC1. The number of methoxy groups -OCH3 is 1. The first-order valence-corrected chi connectivity index (χ1v) is 7.59. The number of esters is 1. The number of carbonyl (C=O) groups excluding carboxylic acids is 2. The second-order valence-electron chi connectivity index (χ2n) is 4.82. The van der Waals surface area contributed by atoms with Crippen LogP contribution in [0.25, 0.3) is 0 Å². The average Bonchev–Trinajstić information content (AvgIpc) is 2.53. The van der Waals surface area contributed by atoms with Gasteiger partial charge in [0.25, 0.3) is 5.91 Å². The minimum atomic E-state index is -0.201. The van der Waals surface area contributed by atoms with Crippen LogP contribution < -0.4 is 0 Å². The Bertz CT molecular complexity index is 499. The number of amides is 1. The van der Waals surface area contributed by atoms with Gasteiger partial charge >= 0.3 is 5.97 Å². The van der Waals surface area contributed by atoms with Crippen molar-refractivity contribution in [2.45, 2.75) is 6.42 Å². The standard InChI is InChI=1S/C14H18BrN3O3/c1-21-13(19)4-5-17-6-8-18(9-7-17)14(20)12-3-2-11(15)10-16-12/h2-3,10H,4-9H2,1H3. The van der Waals surface area contributed by atoms with Gasteiger partial charge in [-0.3, -0.25) is 14.5 Å². The Morgan fingerprint density at radius 1 is 1.29 bits per heavy atom. The van der Waals surface area contributed by atoms with Crippen LogP contribution in [0.3, 0.4) is 0 Å². The van der Waals surface area contributed by atoms with Crippen LogP contribution in [0.5, 0.6) is 0 Å². The van der Waals surface area contributed by atoms with Gasteiger partial charge in [0.05, 0.1) is 13.5 Å². The Balaban J connectivity index is 1.82. The number of pyridine rings is 1. The molecular formula is C14H18BrN3O3. The van der Waals surface area contributed by atoms with E-state index in [1.54, 1.807) is 17.2 Å². The van der Waals surface area contributed by atoms with E-state index in [4.69, 9.17) is 0 Å². The van der Waals surface area contributed by atoms with Crippen LogP contribution in [-0.4, -0.2) is 66.5 Å². The van der Waals surface area contributed by atoms with Gasteiger partial charge in [0.2, 0.25) is 0 Å². The van der Waals surface area contributed by atoms with Crippen LogP contribution in [0.2, 0.25) is 0 Å². The van der Waals surface area contributed by atoms with Crippen LogP contribution in [-0.2, 0) is 9.53 Å². The Labute approximate surface area is 132 Å². The zero-order valence-corrected chi connectivity index (χ0v) is 13.5. The summed E-state index contributed by atoms with van der Waals surface area (Å²) in [7, 11) is 1.39. The highest BCUT2D eigenvalue weighted by molar-refractivity contribution is 9.10. The largest absolute Gasteiger partial charge is 0.469 e. The molecular weight excluding hydrogens is 338 g/mol. The summed E-state index contributed by atoms with van der Waals surface area (Å²) in [6.07, 6.45) is 2.01. The van der Waals surface area contributed by atoms with E-state index in [-0.39, 0.29) is 11.9 Å². The molecule has 1 saturated heterocycles. The highest BCUT2D eigenvalue weighted by atomic mass is 79.9. The molecule has 0 unspecified atom stereocenters. The van der Waals surface area contributed by atoms with Crippen LogP contribution in [0.15, 0.2) is 22.8 Å². The quantitative estimate of drug-likeness (QED) is 0.758.